The Balaban J connectivity index is 2.61. The van der Waals surface area contributed by atoms with E-state index in [1.165, 1.54) is 32.1 Å². The highest BCUT2D eigenvalue weighted by molar-refractivity contribution is 5.49. The van der Waals surface area contributed by atoms with Crippen LogP contribution in [-0.2, 0) is 0 Å². The third-order valence-corrected chi connectivity index (χ3v) is 3.02. The van der Waals surface area contributed by atoms with Crippen molar-refractivity contribution in [2.75, 3.05) is 11.1 Å². The van der Waals surface area contributed by atoms with Gasteiger partial charge in [0.25, 0.3) is 0 Å². The van der Waals surface area contributed by atoms with Crippen LogP contribution in [0.2, 0.25) is 0 Å². The first-order valence-electron chi connectivity index (χ1n) is 6.67. The van der Waals surface area contributed by atoms with Gasteiger partial charge in [-0.2, -0.15) is 0 Å². The van der Waals surface area contributed by atoms with E-state index >= 15 is 0 Å². The number of pyridine rings is 1. The molecule has 1 atom stereocenters. The van der Waals surface area contributed by atoms with Crippen LogP contribution in [0, 0.1) is 6.92 Å². The van der Waals surface area contributed by atoms with E-state index in [9.17, 15) is 0 Å². The average Bonchev–Trinajstić information content (AvgIpc) is 2.31. The summed E-state index contributed by atoms with van der Waals surface area (Å²) < 4.78 is 0. The zero-order valence-corrected chi connectivity index (χ0v) is 11.3. The van der Waals surface area contributed by atoms with Crippen LogP contribution in [0.5, 0.6) is 0 Å². The molecule has 0 aliphatic rings. The fourth-order valence-electron chi connectivity index (χ4n) is 1.95. The van der Waals surface area contributed by atoms with Crippen molar-refractivity contribution in [2.45, 2.75) is 58.9 Å². The second-order valence-electron chi connectivity index (χ2n) is 4.64. The van der Waals surface area contributed by atoms with Crippen molar-refractivity contribution in [3.63, 3.8) is 0 Å². The van der Waals surface area contributed by atoms with Crippen molar-refractivity contribution in [2.24, 2.45) is 0 Å². The molecule has 0 spiro atoms. The molecule has 0 fully saturated rings. The van der Waals surface area contributed by atoms with Crippen molar-refractivity contribution in [1.29, 1.82) is 0 Å². The number of nitrogens with two attached hydrogens (primary N) is 1. The third kappa shape index (κ3) is 4.63. The SMILES string of the molecule is CCCCC(CCC)Nc1ccc(N)c(C)n1. The summed E-state index contributed by atoms with van der Waals surface area (Å²) in [6.45, 7) is 6.40. The zero-order valence-electron chi connectivity index (χ0n) is 11.3. The highest BCUT2D eigenvalue weighted by Gasteiger charge is 2.08. The second-order valence-corrected chi connectivity index (χ2v) is 4.64. The van der Waals surface area contributed by atoms with Gasteiger partial charge in [-0.25, -0.2) is 4.98 Å². The Labute approximate surface area is 105 Å². The number of nitrogens with zero attached hydrogens (tertiary/aromatic N) is 1. The molecule has 0 bridgehead atoms. The van der Waals surface area contributed by atoms with Crippen LogP contribution >= 0.6 is 0 Å². The highest BCUT2D eigenvalue weighted by atomic mass is 15.0. The summed E-state index contributed by atoms with van der Waals surface area (Å²) in [7, 11) is 0. The van der Waals surface area contributed by atoms with Gasteiger partial charge in [-0.1, -0.05) is 33.1 Å². The van der Waals surface area contributed by atoms with Gasteiger partial charge in [-0.05, 0) is 31.9 Å². The van der Waals surface area contributed by atoms with Crippen LogP contribution < -0.4 is 11.1 Å². The number of rotatable bonds is 7. The molecule has 0 aliphatic heterocycles. The van der Waals surface area contributed by atoms with Crippen molar-refractivity contribution in [3.05, 3.63) is 17.8 Å². The normalized spacial score (nSPS) is 12.4. The summed E-state index contributed by atoms with van der Waals surface area (Å²) in [6.07, 6.45) is 6.14. The number of unbranched alkanes of at least 4 members (excludes halogenated alkanes) is 1. The summed E-state index contributed by atoms with van der Waals surface area (Å²) in [5.74, 6) is 0.950. The minimum Gasteiger partial charge on any atom is -0.397 e. The van der Waals surface area contributed by atoms with Gasteiger partial charge in [0.05, 0.1) is 11.4 Å². The molecule has 1 rings (SSSR count). The highest BCUT2D eigenvalue weighted by Crippen LogP contribution is 2.16. The van der Waals surface area contributed by atoms with Gasteiger partial charge in [0.1, 0.15) is 5.82 Å². The van der Waals surface area contributed by atoms with Crippen molar-refractivity contribution in [3.8, 4) is 0 Å². The maximum atomic E-state index is 5.77. The molecule has 17 heavy (non-hydrogen) atoms. The summed E-state index contributed by atoms with van der Waals surface area (Å²) in [5, 5.41) is 3.52. The lowest BCUT2D eigenvalue weighted by atomic mass is 10.1. The van der Waals surface area contributed by atoms with Gasteiger partial charge < -0.3 is 11.1 Å². The molecule has 0 amide bonds. The Hall–Kier alpha value is -1.25. The number of nitrogen functional groups attached to an aromatic ring is 1. The summed E-state index contributed by atoms with van der Waals surface area (Å²) >= 11 is 0. The van der Waals surface area contributed by atoms with Crippen LogP contribution in [0.1, 0.15) is 51.6 Å². The number of nitrogens with one attached hydrogen (secondary N) is 1. The lowest BCUT2D eigenvalue weighted by Crippen LogP contribution is -2.20. The summed E-state index contributed by atoms with van der Waals surface area (Å²) in [4.78, 5) is 4.47. The van der Waals surface area contributed by atoms with E-state index < -0.39 is 0 Å². The topological polar surface area (TPSA) is 50.9 Å². The van der Waals surface area contributed by atoms with E-state index in [1.54, 1.807) is 0 Å². The fraction of sp³-hybridized carbons (Fsp3) is 0.643. The van der Waals surface area contributed by atoms with Crippen LogP contribution in [-0.4, -0.2) is 11.0 Å². The van der Waals surface area contributed by atoms with Gasteiger partial charge in [0, 0.05) is 6.04 Å². The molecule has 1 unspecified atom stereocenters. The molecule has 1 aromatic heterocycles. The molecule has 0 radical (unpaired) electrons. The second kappa shape index (κ2) is 7.15. The standard InChI is InChI=1S/C14H25N3/c1-4-6-8-12(7-5-2)17-14-10-9-13(15)11(3)16-14/h9-10,12H,4-8,15H2,1-3H3,(H,16,17). The molecule has 0 saturated heterocycles. The molecule has 96 valence electrons. The summed E-state index contributed by atoms with van der Waals surface area (Å²) in [5.41, 5.74) is 7.43. The van der Waals surface area contributed by atoms with Crippen LogP contribution in [0.4, 0.5) is 11.5 Å². The number of hydrogen-bond acceptors (Lipinski definition) is 3. The minimum atomic E-state index is 0.537. The third-order valence-electron chi connectivity index (χ3n) is 3.02. The smallest absolute Gasteiger partial charge is 0.126 e. The van der Waals surface area contributed by atoms with Gasteiger partial charge in [-0.3, -0.25) is 0 Å². The Kier molecular flexibility index (Phi) is 5.81. The number of anilines is 2. The lowest BCUT2D eigenvalue weighted by Gasteiger charge is -2.19. The number of hydrogen-bond donors (Lipinski definition) is 2. The quantitative estimate of drug-likeness (QED) is 0.757. The van der Waals surface area contributed by atoms with E-state index in [0.717, 1.165) is 17.2 Å². The van der Waals surface area contributed by atoms with Crippen molar-refractivity contribution in [1.82, 2.24) is 4.98 Å². The van der Waals surface area contributed by atoms with Gasteiger partial charge in [0.15, 0.2) is 0 Å². The Bertz CT molecular complexity index is 336. The first-order valence-corrected chi connectivity index (χ1v) is 6.67. The average molecular weight is 235 g/mol. The molecule has 3 N–H and O–H groups in total. The van der Waals surface area contributed by atoms with Crippen LogP contribution in [0.3, 0.4) is 0 Å². The Morgan fingerprint density at radius 1 is 1.24 bits per heavy atom. The lowest BCUT2D eigenvalue weighted by molar-refractivity contribution is 0.563. The molecule has 0 aromatic carbocycles. The molecule has 1 aromatic rings. The molecule has 0 aliphatic carbocycles. The van der Waals surface area contributed by atoms with Crippen molar-refractivity contribution < 1.29 is 0 Å². The number of aromatic nitrogens is 1. The fourth-order valence-corrected chi connectivity index (χ4v) is 1.95. The van der Waals surface area contributed by atoms with Crippen LogP contribution in [0.25, 0.3) is 0 Å². The Morgan fingerprint density at radius 2 is 2.00 bits per heavy atom. The predicted octanol–water partition coefficient (Wildman–Crippen LogP) is 3.74. The molecule has 1 heterocycles. The maximum Gasteiger partial charge on any atom is 0.126 e. The minimum absolute atomic E-state index is 0.537. The molecule has 3 heteroatoms. The molecule has 3 nitrogen and oxygen atoms in total. The monoisotopic (exact) mass is 235 g/mol. The van der Waals surface area contributed by atoms with Gasteiger partial charge in [-0.15, -0.1) is 0 Å². The van der Waals surface area contributed by atoms with Gasteiger partial charge >= 0.3 is 0 Å². The van der Waals surface area contributed by atoms with Crippen LogP contribution in [0.15, 0.2) is 12.1 Å². The first-order chi connectivity index (χ1) is 8.17. The Morgan fingerprint density at radius 3 is 2.59 bits per heavy atom. The van der Waals surface area contributed by atoms with E-state index in [2.05, 4.69) is 24.1 Å². The maximum absolute atomic E-state index is 5.77. The van der Waals surface area contributed by atoms with Crippen molar-refractivity contribution >= 4 is 11.5 Å². The largest absolute Gasteiger partial charge is 0.397 e. The molecular weight excluding hydrogens is 210 g/mol. The van der Waals surface area contributed by atoms with E-state index in [-0.39, 0.29) is 0 Å². The van der Waals surface area contributed by atoms with E-state index in [0.29, 0.717) is 6.04 Å². The van der Waals surface area contributed by atoms with E-state index in [4.69, 9.17) is 5.73 Å². The van der Waals surface area contributed by atoms with E-state index in [1.807, 2.05) is 19.1 Å². The first kappa shape index (κ1) is 13.8. The summed E-state index contributed by atoms with van der Waals surface area (Å²) in [6, 6.07) is 4.43. The molecule has 0 saturated carbocycles. The predicted molar refractivity (Wildman–Crippen MR) is 75.2 cm³/mol. The van der Waals surface area contributed by atoms with Gasteiger partial charge in [0.2, 0.25) is 0 Å². The zero-order chi connectivity index (χ0) is 12.7. The molecular formula is C14H25N3. The number of aryl methyl sites for hydroxylation is 1.